The highest BCUT2D eigenvalue weighted by Crippen LogP contribution is 2.17. The smallest absolute Gasteiger partial charge is 0.242 e. The fourth-order valence-corrected chi connectivity index (χ4v) is 3.21. The Morgan fingerprint density at radius 3 is 2.48 bits per heavy atom. The molecule has 0 aromatic heterocycles. The van der Waals surface area contributed by atoms with Gasteiger partial charge in [0.1, 0.15) is 6.04 Å². The van der Waals surface area contributed by atoms with Gasteiger partial charge >= 0.3 is 0 Å². The van der Waals surface area contributed by atoms with Gasteiger partial charge in [0.2, 0.25) is 11.8 Å². The first-order valence-electron chi connectivity index (χ1n) is 7.90. The minimum absolute atomic E-state index is 0.127. The van der Waals surface area contributed by atoms with Gasteiger partial charge in [-0.05, 0) is 42.3 Å². The summed E-state index contributed by atoms with van der Waals surface area (Å²) in [7, 11) is 1.57. The number of hydrogen-bond donors (Lipinski definition) is 1. The average Bonchev–Trinajstić information content (AvgIpc) is 2.58. The quantitative estimate of drug-likeness (QED) is 0.768. The second-order valence-electron chi connectivity index (χ2n) is 5.75. The van der Waals surface area contributed by atoms with Crippen molar-refractivity contribution in [2.75, 3.05) is 7.05 Å². The van der Waals surface area contributed by atoms with E-state index in [-0.39, 0.29) is 18.2 Å². The summed E-state index contributed by atoms with van der Waals surface area (Å²) in [5, 5.41) is 3.19. The molecule has 0 unspecified atom stereocenters. The Morgan fingerprint density at radius 2 is 1.84 bits per heavy atom. The number of carbonyl (C=O) groups excluding carboxylic acids is 2. The monoisotopic (exact) mass is 422 g/mol. The highest BCUT2D eigenvalue weighted by molar-refractivity contribution is 9.10. The van der Waals surface area contributed by atoms with Gasteiger partial charge in [-0.1, -0.05) is 51.8 Å². The molecule has 0 heterocycles. The molecular formula is C19H20BrClN2O2. The predicted molar refractivity (Wildman–Crippen MR) is 103 cm³/mol. The Kier molecular flexibility index (Phi) is 7.02. The summed E-state index contributed by atoms with van der Waals surface area (Å²) in [5.41, 5.74) is 1.77. The van der Waals surface area contributed by atoms with E-state index in [1.54, 1.807) is 31.0 Å². The lowest BCUT2D eigenvalue weighted by Crippen LogP contribution is -2.47. The number of likely N-dealkylation sites (N-methyl/N-ethyl adjacent to an activating group) is 1. The third kappa shape index (κ3) is 5.58. The van der Waals surface area contributed by atoms with Crippen LogP contribution in [-0.4, -0.2) is 29.8 Å². The van der Waals surface area contributed by atoms with Crippen molar-refractivity contribution in [3.63, 3.8) is 0 Å². The number of halogens is 2. The number of hydrogen-bond acceptors (Lipinski definition) is 2. The summed E-state index contributed by atoms with van der Waals surface area (Å²) >= 11 is 9.43. The first kappa shape index (κ1) is 19.5. The number of rotatable bonds is 6. The molecule has 0 aliphatic carbocycles. The molecule has 1 N–H and O–H groups in total. The van der Waals surface area contributed by atoms with E-state index in [0.717, 1.165) is 15.6 Å². The maximum Gasteiger partial charge on any atom is 0.242 e. The molecule has 1 atom stereocenters. The van der Waals surface area contributed by atoms with Crippen molar-refractivity contribution in [2.24, 2.45) is 0 Å². The van der Waals surface area contributed by atoms with E-state index in [0.29, 0.717) is 11.6 Å². The van der Waals surface area contributed by atoms with E-state index >= 15 is 0 Å². The van der Waals surface area contributed by atoms with Crippen LogP contribution in [0.3, 0.4) is 0 Å². The molecule has 2 rings (SSSR count). The minimum atomic E-state index is -0.573. The fraction of sp³-hybridized carbons (Fsp3) is 0.263. The van der Waals surface area contributed by atoms with E-state index in [2.05, 4.69) is 21.2 Å². The van der Waals surface area contributed by atoms with Gasteiger partial charge in [0.05, 0.1) is 6.42 Å². The Hall–Kier alpha value is -1.85. The Bertz CT molecular complexity index is 767. The van der Waals surface area contributed by atoms with Crippen molar-refractivity contribution >= 4 is 39.3 Å². The molecule has 0 saturated carbocycles. The minimum Gasteiger partial charge on any atom is -0.357 e. The third-order valence-corrected chi connectivity index (χ3v) is 4.63. The van der Waals surface area contributed by atoms with Gasteiger partial charge in [-0.3, -0.25) is 9.59 Å². The van der Waals surface area contributed by atoms with Crippen LogP contribution in [0.25, 0.3) is 0 Å². The fourth-order valence-electron chi connectivity index (χ4n) is 2.55. The lowest BCUT2D eigenvalue weighted by atomic mass is 10.1. The van der Waals surface area contributed by atoms with Crippen molar-refractivity contribution in [1.29, 1.82) is 0 Å². The number of nitrogens with zero attached hydrogens (tertiary/aromatic N) is 1. The molecule has 2 aromatic carbocycles. The molecule has 0 bridgehead atoms. The Balaban J connectivity index is 2.23. The van der Waals surface area contributed by atoms with Gasteiger partial charge in [0.15, 0.2) is 0 Å². The van der Waals surface area contributed by atoms with Crippen LogP contribution in [0.15, 0.2) is 53.0 Å². The lowest BCUT2D eigenvalue weighted by Gasteiger charge is -2.28. The second-order valence-corrected chi connectivity index (χ2v) is 7.10. The van der Waals surface area contributed by atoms with Gasteiger partial charge in [-0.25, -0.2) is 0 Å². The molecule has 4 nitrogen and oxygen atoms in total. The maximum absolute atomic E-state index is 12.9. The zero-order valence-corrected chi connectivity index (χ0v) is 16.5. The SMILES string of the molecule is CNC(=O)[C@H](C)N(Cc1cccc(Br)c1)C(=O)Cc1cccc(Cl)c1. The molecule has 132 valence electrons. The molecule has 25 heavy (non-hydrogen) atoms. The molecule has 0 fully saturated rings. The van der Waals surface area contributed by atoms with Crippen LogP contribution in [0, 0.1) is 0 Å². The number of benzene rings is 2. The van der Waals surface area contributed by atoms with Crippen LogP contribution in [0.1, 0.15) is 18.1 Å². The van der Waals surface area contributed by atoms with Crippen molar-refractivity contribution < 1.29 is 9.59 Å². The number of nitrogens with one attached hydrogen (secondary N) is 1. The summed E-state index contributed by atoms with van der Waals surface area (Å²) < 4.78 is 0.930. The van der Waals surface area contributed by atoms with Gasteiger partial charge in [0.25, 0.3) is 0 Å². The normalized spacial score (nSPS) is 11.7. The maximum atomic E-state index is 12.9. The third-order valence-electron chi connectivity index (χ3n) is 3.90. The number of carbonyl (C=O) groups is 2. The van der Waals surface area contributed by atoms with Gasteiger partial charge in [-0.2, -0.15) is 0 Å². The zero-order valence-electron chi connectivity index (χ0n) is 14.1. The van der Waals surface area contributed by atoms with Gasteiger partial charge in [-0.15, -0.1) is 0 Å². The van der Waals surface area contributed by atoms with Gasteiger partial charge < -0.3 is 10.2 Å². The molecule has 6 heteroatoms. The first-order chi connectivity index (χ1) is 11.9. The van der Waals surface area contributed by atoms with Crippen LogP contribution in [0.4, 0.5) is 0 Å². The standard InChI is InChI=1S/C19H20BrClN2O2/c1-13(19(25)22-2)23(12-15-6-3-7-16(20)9-15)18(24)11-14-5-4-8-17(21)10-14/h3-10,13H,11-12H2,1-2H3,(H,22,25)/t13-/m0/s1. The van der Waals surface area contributed by atoms with Crippen LogP contribution >= 0.6 is 27.5 Å². The van der Waals surface area contributed by atoms with Crippen molar-refractivity contribution in [2.45, 2.75) is 25.9 Å². The molecule has 0 aliphatic heterocycles. The number of amides is 2. The summed E-state index contributed by atoms with van der Waals surface area (Å²) in [4.78, 5) is 26.5. The molecular weight excluding hydrogens is 404 g/mol. The van der Waals surface area contributed by atoms with Crippen LogP contribution in [-0.2, 0) is 22.6 Å². The van der Waals surface area contributed by atoms with E-state index < -0.39 is 6.04 Å². The average molecular weight is 424 g/mol. The predicted octanol–water partition coefficient (Wildman–Crippen LogP) is 3.81. The molecule has 0 saturated heterocycles. The van der Waals surface area contributed by atoms with E-state index in [4.69, 9.17) is 11.6 Å². The highest BCUT2D eigenvalue weighted by atomic mass is 79.9. The summed E-state index contributed by atoms with van der Waals surface area (Å²) in [6.45, 7) is 2.08. The first-order valence-corrected chi connectivity index (χ1v) is 9.07. The summed E-state index contributed by atoms with van der Waals surface area (Å²) in [5.74, 6) is -0.326. The van der Waals surface area contributed by atoms with E-state index in [1.165, 1.54) is 0 Å². The second kappa shape index (κ2) is 9.02. The Labute approximate surface area is 161 Å². The molecule has 2 aromatic rings. The largest absolute Gasteiger partial charge is 0.357 e. The lowest BCUT2D eigenvalue weighted by molar-refractivity contribution is -0.139. The molecule has 0 aliphatic rings. The van der Waals surface area contributed by atoms with Crippen molar-refractivity contribution in [3.8, 4) is 0 Å². The van der Waals surface area contributed by atoms with E-state index in [9.17, 15) is 9.59 Å². The Morgan fingerprint density at radius 1 is 1.16 bits per heavy atom. The van der Waals surface area contributed by atoms with Crippen LogP contribution < -0.4 is 5.32 Å². The zero-order chi connectivity index (χ0) is 18.4. The van der Waals surface area contributed by atoms with Crippen molar-refractivity contribution in [3.05, 3.63) is 69.2 Å². The highest BCUT2D eigenvalue weighted by Gasteiger charge is 2.25. The van der Waals surface area contributed by atoms with Crippen LogP contribution in [0.2, 0.25) is 5.02 Å². The molecule has 0 spiro atoms. The van der Waals surface area contributed by atoms with Crippen LogP contribution in [0.5, 0.6) is 0 Å². The molecule has 2 amide bonds. The van der Waals surface area contributed by atoms with E-state index in [1.807, 2.05) is 36.4 Å². The molecule has 0 radical (unpaired) electrons. The summed E-state index contributed by atoms with van der Waals surface area (Å²) in [6, 6.07) is 14.3. The summed E-state index contributed by atoms with van der Waals surface area (Å²) in [6.07, 6.45) is 0.190. The van der Waals surface area contributed by atoms with Crippen molar-refractivity contribution in [1.82, 2.24) is 10.2 Å². The topological polar surface area (TPSA) is 49.4 Å². The van der Waals surface area contributed by atoms with Gasteiger partial charge in [0, 0.05) is 23.1 Å².